The maximum absolute atomic E-state index is 6.24. The number of aromatic nitrogens is 1. The van der Waals surface area contributed by atoms with Gasteiger partial charge in [0.15, 0.2) is 16.6 Å². The van der Waals surface area contributed by atoms with E-state index in [0.29, 0.717) is 29.7 Å². The summed E-state index contributed by atoms with van der Waals surface area (Å²) in [6.45, 7) is 3.09. The molecular formula is C13H15ClN2O2S. The molecule has 6 heteroatoms. The van der Waals surface area contributed by atoms with Crippen molar-refractivity contribution >= 4 is 28.1 Å². The Bertz CT molecular complexity index is 532. The number of nitrogens with one attached hydrogen (secondary N) is 1. The number of hydrogen-bond donors (Lipinski definition) is 1. The quantitative estimate of drug-likeness (QED) is 0.880. The number of rotatable bonds is 6. The fraction of sp³-hybridized carbons (Fsp3) is 0.308. The van der Waals surface area contributed by atoms with E-state index < -0.39 is 0 Å². The summed E-state index contributed by atoms with van der Waals surface area (Å²) in [5, 5.41) is 6.64. The van der Waals surface area contributed by atoms with Gasteiger partial charge in [-0.2, -0.15) is 0 Å². The van der Waals surface area contributed by atoms with Crippen LogP contribution in [-0.2, 0) is 6.54 Å². The molecule has 1 N–H and O–H groups in total. The van der Waals surface area contributed by atoms with Crippen LogP contribution in [0.5, 0.6) is 11.5 Å². The molecule has 0 radical (unpaired) electrons. The van der Waals surface area contributed by atoms with Gasteiger partial charge >= 0.3 is 0 Å². The maximum Gasteiger partial charge on any atom is 0.182 e. The molecule has 0 bridgehead atoms. The molecular weight excluding hydrogens is 284 g/mol. The number of hydrogen-bond acceptors (Lipinski definition) is 5. The summed E-state index contributed by atoms with van der Waals surface area (Å²) in [7, 11) is 1.61. The summed E-state index contributed by atoms with van der Waals surface area (Å²) in [6.07, 6.45) is 1.76. The van der Waals surface area contributed by atoms with E-state index in [9.17, 15) is 0 Å². The lowest BCUT2D eigenvalue weighted by Gasteiger charge is -2.13. The minimum atomic E-state index is 0.573. The largest absolute Gasteiger partial charge is 0.493 e. The van der Waals surface area contributed by atoms with E-state index in [2.05, 4.69) is 10.3 Å². The number of halogens is 1. The van der Waals surface area contributed by atoms with E-state index in [4.69, 9.17) is 21.1 Å². The first-order chi connectivity index (χ1) is 9.24. The molecule has 0 saturated heterocycles. The van der Waals surface area contributed by atoms with E-state index in [1.54, 1.807) is 30.7 Å². The molecule has 2 aromatic rings. The van der Waals surface area contributed by atoms with Crippen LogP contribution in [0.2, 0.25) is 5.02 Å². The van der Waals surface area contributed by atoms with Gasteiger partial charge in [0.25, 0.3) is 0 Å². The lowest BCUT2D eigenvalue weighted by molar-refractivity contribution is 0.311. The van der Waals surface area contributed by atoms with Gasteiger partial charge in [-0.15, -0.1) is 11.3 Å². The summed E-state index contributed by atoms with van der Waals surface area (Å²) in [5.74, 6) is 1.34. The highest BCUT2D eigenvalue weighted by atomic mass is 35.5. The van der Waals surface area contributed by atoms with Crippen LogP contribution in [-0.4, -0.2) is 18.7 Å². The fourth-order valence-corrected chi connectivity index (χ4v) is 2.37. The standard InChI is InChI=1S/C13H15ClN2O2S/c1-3-18-12-7-10(14)9(6-11(12)17-2)8-16-13-15-4-5-19-13/h4-7H,3,8H2,1-2H3,(H,15,16). The number of nitrogens with zero attached hydrogens (tertiary/aromatic N) is 1. The van der Waals surface area contributed by atoms with E-state index in [1.807, 2.05) is 18.4 Å². The number of thiazole rings is 1. The van der Waals surface area contributed by atoms with Crippen molar-refractivity contribution in [2.45, 2.75) is 13.5 Å². The summed E-state index contributed by atoms with van der Waals surface area (Å²) in [6, 6.07) is 3.66. The van der Waals surface area contributed by atoms with Crippen LogP contribution in [0, 0.1) is 0 Å². The average Bonchev–Trinajstić information content (AvgIpc) is 2.91. The van der Waals surface area contributed by atoms with Crippen LogP contribution in [0.1, 0.15) is 12.5 Å². The Morgan fingerprint density at radius 3 is 2.84 bits per heavy atom. The smallest absolute Gasteiger partial charge is 0.182 e. The molecule has 0 spiro atoms. The normalized spacial score (nSPS) is 10.3. The number of ether oxygens (including phenoxy) is 2. The van der Waals surface area contributed by atoms with E-state index in [0.717, 1.165) is 10.7 Å². The minimum absolute atomic E-state index is 0.573. The Labute approximate surface area is 121 Å². The first-order valence-electron chi connectivity index (χ1n) is 5.87. The molecule has 0 unspecified atom stereocenters. The Kier molecular flexibility index (Phi) is 4.87. The predicted octanol–water partition coefficient (Wildman–Crippen LogP) is 3.82. The number of methoxy groups -OCH3 is 1. The van der Waals surface area contributed by atoms with E-state index in [1.165, 1.54) is 0 Å². The molecule has 0 aliphatic heterocycles. The van der Waals surface area contributed by atoms with Gasteiger partial charge in [-0.05, 0) is 18.6 Å². The number of anilines is 1. The Hall–Kier alpha value is -1.46. The lowest BCUT2D eigenvalue weighted by atomic mass is 10.2. The molecule has 0 saturated carbocycles. The highest BCUT2D eigenvalue weighted by molar-refractivity contribution is 7.13. The Morgan fingerprint density at radius 2 is 2.21 bits per heavy atom. The molecule has 2 rings (SSSR count). The van der Waals surface area contributed by atoms with Crippen LogP contribution < -0.4 is 14.8 Å². The van der Waals surface area contributed by atoms with Crippen LogP contribution in [0.3, 0.4) is 0 Å². The summed E-state index contributed by atoms with van der Waals surface area (Å²) >= 11 is 7.79. The third-order valence-electron chi connectivity index (χ3n) is 2.49. The summed E-state index contributed by atoms with van der Waals surface area (Å²) in [5.41, 5.74) is 0.942. The zero-order valence-corrected chi connectivity index (χ0v) is 12.3. The van der Waals surface area contributed by atoms with Gasteiger partial charge in [0.05, 0.1) is 13.7 Å². The molecule has 0 aliphatic carbocycles. The third kappa shape index (κ3) is 3.52. The van der Waals surface area contributed by atoms with Crippen molar-refractivity contribution < 1.29 is 9.47 Å². The van der Waals surface area contributed by atoms with Gasteiger partial charge in [0.1, 0.15) is 0 Å². The first kappa shape index (κ1) is 14.0. The Balaban J connectivity index is 2.16. The number of benzene rings is 1. The van der Waals surface area contributed by atoms with Gasteiger partial charge in [-0.3, -0.25) is 0 Å². The monoisotopic (exact) mass is 298 g/mol. The average molecular weight is 299 g/mol. The molecule has 4 nitrogen and oxygen atoms in total. The topological polar surface area (TPSA) is 43.4 Å². The van der Waals surface area contributed by atoms with Crippen molar-refractivity contribution in [2.75, 3.05) is 19.0 Å². The van der Waals surface area contributed by atoms with Gasteiger partial charge in [-0.25, -0.2) is 4.98 Å². The summed E-state index contributed by atoms with van der Waals surface area (Å²) < 4.78 is 10.8. The highest BCUT2D eigenvalue weighted by Gasteiger charge is 2.10. The molecule has 1 aromatic carbocycles. The molecule has 1 aromatic heterocycles. The van der Waals surface area contributed by atoms with Crippen molar-refractivity contribution in [3.63, 3.8) is 0 Å². The van der Waals surface area contributed by atoms with Crippen molar-refractivity contribution in [3.8, 4) is 11.5 Å². The molecule has 0 atom stereocenters. The van der Waals surface area contributed by atoms with E-state index in [-0.39, 0.29) is 0 Å². The van der Waals surface area contributed by atoms with Gasteiger partial charge < -0.3 is 14.8 Å². The fourth-order valence-electron chi connectivity index (χ4n) is 1.62. The second-order valence-corrected chi connectivity index (χ2v) is 5.02. The van der Waals surface area contributed by atoms with Crippen molar-refractivity contribution in [1.29, 1.82) is 0 Å². The lowest BCUT2D eigenvalue weighted by Crippen LogP contribution is -2.02. The van der Waals surface area contributed by atoms with Crippen molar-refractivity contribution in [3.05, 3.63) is 34.3 Å². The first-order valence-corrected chi connectivity index (χ1v) is 7.13. The van der Waals surface area contributed by atoms with Gasteiger partial charge in [0, 0.05) is 29.2 Å². The van der Waals surface area contributed by atoms with Crippen molar-refractivity contribution in [2.24, 2.45) is 0 Å². The SMILES string of the molecule is CCOc1cc(Cl)c(CNc2nccs2)cc1OC. The minimum Gasteiger partial charge on any atom is -0.493 e. The molecule has 0 fully saturated rings. The van der Waals surface area contributed by atoms with E-state index >= 15 is 0 Å². The molecule has 102 valence electrons. The van der Waals surface area contributed by atoms with Crippen LogP contribution >= 0.6 is 22.9 Å². The van der Waals surface area contributed by atoms with Crippen LogP contribution in [0.15, 0.2) is 23.7 Å². The highest BCUT2D eigenvalue weighted by Crippen LogP contribution is 2.33. The second kappa shape index (κ2) is 6.63. The van der Waals surface area contributed by atoms with Crippen molar-refractivity contribution in [1.82, 2.24) is 4.98 Å². The summed E-state index contributed by atoms with van der Waals surface area (Å²) in [4.78, 5) is 4.16. The maximum atomic E-state index is 6.24. The second-order valence-electron chi connectivity index (χ2n) is 3.72. The van der Waals surface area contributed by atoms with Crippen LogP contribution in [0.4, 0.5) is 5.13 Å². The molecule has 1 heterocycles. The molecule has 0 aliphatic rings. The van der Waals surface area contributed by atoms with Crippen LogP contribution in [0.25, 0.3) is 0 Å². The zero-order valence-electron chi connectivity index (χ0n) is 10.8. The predicted molar refractivity (Wildman–Crippen MR) is 78.6 cm³/mol. The third-order valence-corrected chi connectivity index (χ3v) is 3.58. The zero-order chi connectivity index (χ0) is 13.7. The molecule has 19 heavy (non-hydrogen) atoms. The Morgan fingerprint density at radius 1 is 1.37 bits per heavy atom. The molecule has 0 amide bonds. The van der Waals surface area contributed by atoms with Gasteiger partial charge in [-0.1, -0.05) is 11.6 Å². The van der Waals surface area contributed by atoms with Gasteiger partial charge in [0.2, 0.25) is 0 Å².